The van der Waals surface area contributed by atoms with Crippen molar-refractivity contribution in [1.82, 2.24) is 4.90 Å². The zero-order valence-electron chi connectivity index (χ0n) is 10.9. The van der Waals surface area contributed by atoms with Gasteiger partial charge >= 0.3 is 0 Å². The first-order chi connectivity index (χ1) is 7.59. The van der Waals surface area contributed by atoms with Crippen LogP contribution in [-0.2, 0) is 0 Å². The minimum Gasteiger partial charge on any atom is -0.394 e. The molecule has 1 fully saturated rings. The van der Waals surface area contributed by atoms with Crippen molar-refractivity contribution in [3.63, 3.8) is 0 Å². The summed E-state index contributed by atoms with van der Waals surface area (Å²) < 4.78 is 0. The average Bonchev–Trinajstić information content (AvgIpc) is 2.29. The summed E-state index contributed by atoms with van der Waals surface area (Å²) >= 11 is 0. The van der Waals surface area contributed by atoms with Crippen molar-refractivity contribution in [2.75, 3.05) is 26.2 Å². The summed E-state index contributed by atoms with van der Waals surface area (Å²) in [5.74, 6) is 0.848. The highest BCUT2D eigenvalue weighted by Crippen LogP contribution is 2.18. The van der Waals surface area contributed by atoms with E-state index in [0.29, 0.717) is 0 Å². The molecule has 2 unspecified atom stereocenters. The molecule has 0 spiro atoms. The third-order valence-corrected chi connectivity index (χ3v) is 3.91. The summed E-state index contributed by atoms with van der Waals surface area (Å²) in [7, 11) is 0. The Labute approximate surface area is 100 Å². The fourth-order valence-corrected chi connectivity index (χ4v) is 2.51. The Hall–Kier alpha value is -0.120. The summed E-state index contributed by atoms with van der Waals surface area (Å²) in [6, 6.07) is 0. The second kappa shape index (κ2) is 6.58. The maximum atomic E-state index is 9.23. The van der Waals surface area contributed by atoms with Crippen LogP contribution in [0.25, 0.3) is 0 Å². The Morgan fingerprint density at radius 2 is 2.25 bits per heavy atom. The third-order valence-electron chi connectivity index (χ3n) is 3.91. The van der Waals surface area contributed by atoms with Crippen molar-refractivity contribution in [2.24, 2.45) is 11.7 Å². The van der Waals surface area contributed by atoms with Crippen LogP contribution in [-0.4, -0.2) is 41.8 Å². The Morgan fingerprint density at radius 3 is 2.81 bits per heavy atom. The Bertz CT molecular complexity index is 192. The van der Waals surface area contributed by atoms with Crippen LogP contribution in [0.3, 0.4) is 0 Å². The molecule has 0 radical (unpaired) electrons. The smallest absolute Gasteiger partial charge is 0.0611 e. The van der Waals surface area contributed by atoms with Gasteiger partial charge in [0.2, 0.25) is 0 Å². The van der Waals surface area contributed by atoms with Gasteiger partial charge < -0.3 is 15.7 Å². The van der Waals surface area contributed by atoms with E-state index < -0.39 is 0 Å². The molecule has 0 bridgehead atoms. The average molecular weight is 228 g/mol. The highest BCUT2D eigenvalue weighted by atomic mass is 16.3. The van der Waals surface area contributed by atoms with Crippen LogP contribution in [0.15, 0.2) is 0 Å². The van der Waals surface area contributed by atoms with Gasteiger partial charge in [0, 0.05) is 12.1 Å². The van der Waals surface area contributed by atoms with Crippen molar-refractivity contribution < 1.29 is 5.11 Å². The summed E-state index contributed by atoms with van der Waals surface area (Å²) in [4.78, 5) is 2.54. The van der Waals surface area contributed by atoms with Gasteiger partial charge in [-0.25, -0.2) is 0 Å². The summed E-state index contributed by atoms with van der Waals surface area (Å²) in [5, 5.41) is 9.23. The van der Waals surface area contributed by atoms with Crippen molar-refractivity contribution in [2.45, 2.75) is 51.5 Å². The topological polar surface area (TPSA) is 49.5 Å². The Morgan fingerprint density at radius 1 is 1.50 bits per heavy atom. The number of aliphatic hydroxyl groups is 1. The van der Waals surface area contributed by atoms with Gasteiger partial charge in [-0.2, -0.15) is 0 Å². The number of hydrogen-bond donors (Lipinski definition) is 2. The van der Waals surface area contributed by atoms with Crippen LogP contribution < -0.4 is 5.73 Å². The molecule has 1 rings (SSSR count). The molecular formula is C13H28N2O. The highest BCUT2D eigenvalue weighted by Gasteiger charge is 2.22. The lowest BCUT2D eigenvalue weighted by Gasteiger charge is -2.32. The Balaban J connectivity index is 2.19. The minimum absolute atomic E-state index is 0.111. The second-order valence-corrected chi connectivity index (χ2v) is 5.53. The molecule has 96 valence electrons. The van der Waals surface area contributed by atoms with Crippen molar-refractivity contribution in [1.29, 1.82) is 0 Å². The predicted octanol–water partition coefficient (Wildman–Crippen LogP) is 1.60. The molecule has 16 heavy (non-hydrogen) atoms. The largest absolute Gasteiger partial charge is 0.394 e. The minimum atomic E-state index is -0.346. The van der Waals surface area contributed by atoms with Crippen molar-refractivity contribution >= 4 is 0 Å². The molecule has 0 aliphatic carbocycles. The third kappa shape index (κ3) is 4.40. The van der Waals surface area contributed by atoms with Crippen molar-refractivity contribution in [3.8, 4) is 0 Å². The highest BCUT2D eigenvalue weighted by molar-refractivity contribution is 4.82. The molecule has 1 heterocycles. The van der Waals surface area contributed by atoms with E-state index in [-0.39, 0.29) is 12.1 Å². The van der Waals surface area contributed by atoms with E-state index in [1.807, 2.05) is 0 Å². The number of nitrogens with zero attached hydrogens (tertiary/aromatic N) is 1. The number of hydrogen-bond acceptors (Lipinski definition) is 3. The van der Waals surface area contributed by atoms with Gasteiger partial charge in [-0.15, -0.1) is 0 Å². The molecule has 2 atom stereocenters. The molecule has 3 heteroatoms. The molecule has 1 aliphatic heterocycles. The van der Waals surface area contributed by atoms with Gasteiger partial charge in [-0.1, -0.05) is 13.8 Å². The lowest BCUT2D eigenvalue weighted by atomic mass is 9.92. The van der Waals surface area contributed by atoms with E-state index in [9.17, 15) is 5.11 Å². The first-order valence-electron chi connectivity index (χ1n) is 6.72. The Kier molecular flexibility index (Phi) is 5.73. The first-order valence-corrected chi connectivity index (χ1v) is 6.72. The molecule has 3 N–H and O–H groups in total. The standard InChI is InChI=1S/C13H28N2O/c1-3-13(14,11-16)7-5-9-15-8-4-6-12(2)10-15/h12,16H,3-11,14H2,1-2H3. The molecule has 0 amide bonds. The van der Waals surface area contributed by atoms with E-state index >= 15 is 0 Å². The second-order valence-electron chi connectivity index (χ2n) is 5.53. The van der Waals surface area contributed by atoms with Crippen LogP contribution in [0.2, 0.25) is 0 Å². The van der Waals surface area contributed by atoms with E-state index in [0.717, 1.165) is 31.7 Å². The molecule has 0 aromatic heterocycles. The zero-order valence-corrected chi connectivity index (χ0v) is 10.9. The van der Waals surface area contributed by atoms with E-state index in [2.05, 4.69) is 18.7 Å². The molecule has 0 aromatic carbocycles. The van der Waals surface area contributed by atoms with E-state index in [4.69, 9.17) is 5.73 Å². The maximum Gasteiger partial charge on any atom is 0.0611 e. The van der Waals surface area contributed by atoms with Gasteiger partial charge in [0.15, 0.2) is 0 Å². The zero-order chi connectivity index (χ0) is 12.0. The lowest BCUT2D eigenvalue weighted by molar-refractivity contribution is 0.154. The lowest BCUT2D eigenvalue weighted by Crippen LogP contribution is -2.44. The quantitative estimate of drug-likeness (QED) is 0.726. The SMILES string of the molecule is CCC(N)(CO)CCCN1CCCC(C)C1. The molecular weight excluding hydrogens is 200 g/mol. The first kappa shape index (κ1) is 13.9. The van der Waals surface area contributed by atoms with E-state index in [1.165, 1.54) is 25.9 Å². The number of piperidine rings is 1. The van der Waals surface area contributed by atoms with Gasteiger partial charge in [0.25, 0.3) is 0 Å². The van der Waals surface area contributed by atoms with Crippen LogP contribution in [0.4, 0.5) is 0 Å². The summed E-state index contributed by atoms with van der Waals surface area (Å²) in [6.07, 6.45) is 5.62. The van der Waals surface area contributed by atoms with Crippen LogP contribution in [0, 0.1) is 5.92 Å². The number of likely N-dealkylation sites (tertiary alicyclic amines) is 1. The fraction of sp³-hybridized carbons (Fsp3) is 1.00. The van der Waals surface area contributed by atoms with Gasteiger partial charge in [-0.05, 0) is 51.1 Å². The number of aliphatic hydroxyl groups excluding tert-OH is 1. The molecule has 1 saturated heterocycles. The number of nitrogens with two attached hydrogens (primary N) is 1. The molecule has 0 aromatic rings. The van der Waals surface area contributed by atoms with Crippen LogP contribution in [0.5, 0.6) is 0 Å². The van der Waals surface area contributed by atoms with Crippen LogP contribution >= 0.6 is 0 Å². The molecule has 3 nitrogen and oxygen atoms in total. The fourth-order valence-electron chi connectivity index (χ4n) is 2.51. The van der Waals surface area contributed by atoms with Crippen LogP contribution in [0.1, 0.15) is 46.0 Å². The van der Waals surface area contributed by atoms with Gasteiger partial charge in [0.05, 0.1) is 6.61 Å². The van der Waals surface area contributed by atoms with Crippen molar-refractivity contribution in [3.05, 3.63) is 0 Å². The molecule has 1 aliphatic rings. The normalized spacial score (nSPS) is 26.6. The van der Waals surface area contributed by atoms with Gasteiger partial charge in [0.1, 0.15) is 0 Å². The predicted molar refractivity (Wildman–Crippen MR) is 68.4 cm³/mol. The monoisotopic (exact) mass is 228 g/mol. The molecule has 0 saturated carbocycles. The summed E-state index contributed by atoms with van der Waals surface area (Å²) in [5.41, 5.74) is 5.73. The number of rotatable bonds is 6. The van der Waals surface area contributed by atoms with Gasteiger partial charge in [-0.3, -0.25) is 0 Å². The maximum absolute atomic E-state index is 9.23. The van der Waals surface area contributed by atoms with E-state index in [1.54, 1.807) is 0 Å². The summed E-state index contributed by atoms with van der Waals surface area (Å²) in [6.45, 7) is 8.12.